The van der Waals surface area contributed by atoms with Crippen molar-refractivity contribution in [3.05, 3.63) is 64.7 Å². The van der Waals surface area contributed by atoms with Crippen LogP contribution in [0.5, 0.6) is 0 Å². The van der Waals surface area contributed by atoms with Crippen molar-refractivity contribution < 1.29 is 13.2 Å². The van der Waals surface area contributed by atoms with E-state index in [1.165, 1.54) is 15.9 Å². The lowest BCUT2D eigenvalue weighted by Crippen LogP contribution is -2.30. The molecular weight excluding hydrogens is 372 g/mol. The second-order valence-corrected chi connectivity index (χ2v) is 9.29. The molecule has 0 bridgehead atoms. The Morgan fingerprint density at radius 3 is 2.36 bits per heavy atom. The van der Waals surface area contributed by atoms with Gasteiger partial charge in [-0.1, -0.05) is 37.3 Å². The molecule has 1 fully saturated rings. The zero-order valence-electron chi connectivity index (χ0n) is 16.7. The Kier molecular flexibility index (Phi) is 6.20. The molecule has 2 aromatic carbocycles. The fraction of sp³-hybridized carbons (Fsp3) is 0.409. The molecule has 2 aromatic rings. The van der Waals surface area contributed by atoms with Crippen LogP contribution in [0, 0.1) is 6.92 Å². The van der Waals surface area contributed by atoms with Crippen molar-refractivity contribution in [2.24, 2.45) is 0 Å². The predicted molar refractivity (Wildman–Crippen MR) is 111 cm³/mol. The average molecular weight is 401 g/mol. The standard InChI is InChI=1S/C22H28N2O3S/c1-4-18-8-11-19(12-9-18)17(3)23-22(25)20-10-7-16(2)21(15-20)28(26,27)24-13-5-6-14-24/h7-12,15,17H,4-6,13-14H2,1-3H3,(H,23,25)/t17-/m1/s1. The van der Waals surface area contributed by atoms with Crippen molar-refractivity contribution in [3.63, 3.8) is 0 Å². The van der Waals surface area contributed by atoms with Crippen LogP contribution in [0.4, 0.5) is 0 Å². The van der Waals surface area contributed by atoms with Crippen LogP contribution in [0.15, 0.2) is 47.4 Å². The molecule has 0 radical (unpaired) electrons. The van der Waals surface area contributed by atoms with E-state index in [1.54, 1.807) is 19.1 Å². The molecule has 0 spiro atoms. The van der Waals surface area contributed by atoms with Gasteiger partial charge in [0, 0.05) is 18.7 Å². The maximum atomic E-state index is 12.9. The molecule has 0 saturated carbocycles. The van der Waals surface area contributed by atoms with Gasteiger partial charge in [0.1, 0.15) is 0 Å². The number of rotatable bonds is 6. The molecular formula is C22H28N2O3S. The van der Waals surface area contributed by atoms with Gasteiger partial charge >= 0.3 is 0 Å². The summed E-state index contributed by atoms with van der Waals surface area (Å²) in [4.78, 5) is 13.0. The molecule has 0 aliphatic carbocycles. The molecule has 0 aromatic heterocycles. The third kappa shape index (κ3) is 4.28. The fourth-order valence-corrected chi connectivity index (χ4v) is 5.26. The normalized spacial score (nSPS) is 16.1. The first-order chi connectivity index (χ1) is 13.3. The Morgan fingerprint density at radius 2 is 1.75 bits per heavy atom. The maximum Gasteiger partial charge on any atom is 0.251 e. The van der Waals surface area contributed by atoms with E-state index in [4.69, 9.17) is 0 Å². The molecule has 1 saturated heterocycles. The van der Waals surface area contributed by atoms with Gasteiger partial charge in [0.2, 0.25) is 10.0 Å². The highest BCUT2D eigenvalue weighted by Gasteiger charge is 2.29. The summed E-state index contributed by atoms with van der Waals surface area (Å²) in [6, 6.07) is 12.9. The first kappa shape index (κ1) is 20.6. The second-order valence-electron chi connectivity index (χ2n) is 7.38. The van der Waals surface area contributed by atoms with E-state index in [0.717, 1.165) is 24.8 Å². The number of hydrogen-bond acceptors (Lipinski definition) is 3. The van der Waals surface area contributed by atoms with E-state index >= 15 is 0 Å². The van der Waals surface area contributed by atoms with Gasteiger partial charge < -0.3 is 5.32 Å². The van der Waals surface area contributed by atoms with Crippen LogP contribution in [0.25, 0.3) is 0 Å². The van der Waals surface area contributed by atoms with Gasteiger partial charge in [-0.25, -0.2) is 8.42 Å². The van der Waals surface area contributed by atoms with E-state index in [2.05, 4.69) is 24.4 Å². The molecule has 1 amide bonds. The summed E-state index contributed by atoms with van der Waals surface area (Å²) >= 11 is 0. The lowest BCUT2D eigenvalue weighted by Gasteiger charge is -2.19. The lowest BCUT2D eigenvalue weighted by atomic mass is 10.0. The SMILES string of the molecule is CCc1ccc([C@@H](C)NC(=O)c2ccc(C)c(S(=O)(=O)N3CCCC3)c2)cc1. The van der Waals surface area contributed by atoms with E-state index in [-0.39, 0.29) is 16.8 Å². The highest BCUT2D eigenvalue weighted by atomic mass is 32.2. The minimum absolute atomic E-state index is 0.168. The summed E-state index contributed by atoms with van der Waals surface area (Å²) in [5.74, 6) is -0.273. The fourth-order valence-electron chi connectivity index (χ4n) is 3.49. The van der Waals surface area contributed by atoms with E-state index < -0.39 is 10.0 Å². The highest BCUT2D eigenvalue weighted by Crippen LogP contribution is 2.25. The van der Waals surface area contributed by atoms with Gasteiger partial charge in [0.25, 0.3) is 5.91 Å². The topological polar surface area (TPSA) is 66.5 Å². The molecule has 5 nitrogen and oxygen atoms in total. The van der Waals surface area contributed by atoms with Crippen molar-refractivity contribution in [2.45, 2.75) is 51.0 Å². The first-order valence-electron chi connectivity index (χ1n) is 9.83. The number of carbonyl (C=O) groups excluding carboxylic acids is 1. The largest absolute Gasteiger partial charge is 0.346 e. The Labute approximate surface area is 167 Å². The van der Waals surface area contributed by atoms with Gasteiger partial charge in [0.05, 0.1) is 10.9 Å². The number of hydrogen-bond donors (Lipinski definition) is 1. The smallest absolute Gasteiger partial charge is 0.251 e. The van der Waals surface area contributed by atoms with Crippen LogP contribution in [-0.2, 0) is 16.4 Å². The van der Waals surface area contributed by atoms with Crippen molar-refractivity contribution in [1.82, 2.24) is 9.62 Å². The summed E-state index contributed by atoms with van der Waals surface area (Å²) in [6.07, 6.45) is 2.73. The quantitative estimate of drug-likeness (QED) is 0.801. The van der Waals surface area contributed by atoms with E-state index in [9.17, 15) is 13.2 Å². The van der Waals surface area contributed by atoms with Crippen LogP contribution >= 0.6 is 0 Å². The molecule has 150 valence electrons. The van der Waals surface area contributed by atoms with Gasteiger partial charge in [-0.05, 0) is 61.9 Å². The number of sulfonamides is 1. The molecule has 28 heavy (non-hydrogen) atoms. The van der Waals surface area contributed by atoms with Crippen molar-refractivity contribution in [1.29, 1.82) is 0 Å². The third-order valence-electron chi connectivity index (χ3n) is 5.37. The lowest BCUT2D eigenvalue weighted by molar-refractivity contribution is 0.0939. The molecule has 1 heterocycles. The van der Waals surface area contributed by atoms with Crippen molar-refractivity contribution in [3.8, 4) is 0 Å². The minimum atomic E-state index is -3.56. The van der Waals surface area contributed by atoms with E-state index in [0.29, 0.717) is 24.2 Å². The first-order valence-corrected chi connectivity index (χ1v) is 11.3. The van der Waals surface area contributed by atoms with Crippen molar-refractivity contribution >= 4 is 15.9 Å². The Morgan fingerprint density at radius 1 is 1.11 bits per heavy atom. The van der Waals surface area contributed by atoms with Crippen LogP contribution in [0.1, 0.15) is 59.8 Å². The monoisotopic (exact) mass is 400 g/mol. The predicted octanol–water partition coefficient (Wildman–Crippen LogP) is 3.83. The zero-order valence-corrected chi connectivity index (χ0v) is 17.6. The van der Waals surface area contributed by atoms with Gasteiger partial charge in [-0.3, -0.25) is 4.79 Å². The Bertz CT molecular complexity index is 946. The number of aryl methyl sites for hydroxylation is 2. The van der Waals surface area contributed by atoms with E-state index in [1.807, 2.05) is 19.1 Å². The molecule has 6 heteroatoms. The number of carbonyl (C=O) groups is 1. The number of amides is 1. The third-order valence-corrected chi connectivity index (χ3v) is 7.41. The zero-order chi connectivity index (χ0) is 20.3. The Balaban J connectivity index is 1.80. The van der Waals surface area contributed by atoms with Crippen LogP contribution < -0.4 is 5.32 Å². The average Bonchev–Trinajstić information content (AvgIpc) is 3.24. The summed E-state index contributed by atoms with van der Waals surface area (Å²) in [6.45, 7) is 6.88. The molecule has 1 N–H and O–H groups in total. The maximum absolute atomic E-state index is 12.9. The van der Waals surface area contributed by atoms with Crippen LogP contribution in [-0.4, -0.2) is 31.7 Å². The molecule has 0 unspecified atom stereocenters. The molecule has 3 rings (SSSR count). The number of benzene rings is 2. The van der Waals surface area contributed by atoms with Gasteiger partial charge in [-0.15, -0.1) is 0 Å². The molecule has 1 aliphatic heterocycles. The summed E-state index contributed by atoms with van der Waals surface area (Å²) in [7, 11) is -3.56. The second kappa shape index (κ2) is 8.45. The van der Waals surface area contributed by atoms with Crippen LogP contribution in [0.2, 0.25) is 0 Å². The molecule has 1 aliphatic rings. The number of nitrogens with zero attached hydrogens (tertiary/aromatic N) is 1. The van der Waals surface area contributed by atoms with Gasteiger partial charge in [0.15, 0.2) is 0 Å². The number of nitrogens with one attached hydrogen (secondary N) is 1. The summed E-state index contributed by atoms with van der Waals surface area (Å²) < 4.78 is 27.4. The molecule has 1 atom stereocenters. The van der Waals surface area contributed by atoms with Crippen molar-refractivity contribution in [2.75, 3.05) is 13.1 Å². The highest BCUT2D eigenvalue weighted by molar-refractivity contribution is 7.89. The Hall–Kier alpha value is -2.18. The van der Waals surface area contributed by atoms with Crippen LogP contribution in [0.3, 0.4) is 0 Å². The van der Waals surface area contributed by atoms with Gasteiger partial charge in [-0.2, -0.15) is 4.31 Å². The minimum Gasteiger partial charge on any atom is -0.346 e. The summed E-state index contributed by atoms with van der Waals surface area (Å²) in [5, 5.41) is 2.97. The summed E-state index contributed by atoms with van der Waals surface area (Å²) in [5.41, 5.74) is 3.28.